The van der Waals surface area contributed by atoms with Crippen molar-refractivity contribution < 1.29 is 24.2 Å². The Labute approximate surface area is 89.8 Å². The third-order valence-electron chi connectivity index (χ3n) is 2.08. The van der Waals surface area contributed by atoms with Gasteiger partial charge in [-0.25, -0.2) is 4.79 Å². The fourth-order valence-electron chi connectivity index (χ4n) is 1.45. The predicted molar refractivity (Wildman–Crippen MR) is 51.4 cm³/mol. The van der Waals surface area contributed by atoms with Gasteiger partial charge in [-0.2, -0.15) is 0 Å². The summed E-state index contributed by atoms with van der Waals surface area (Å²) >= 11 is 0. The molecular formula is C10H7NO5. The van der Waals surface area contributed by atoms with Crippen LogP contribution in [0.4, 0.5) is 0 Å². The first kappa shape index (κ1) is 10.2. The Morgan fingerprint density at radius 2 is 2.06 bits per heavy atom. The Balaban J connectivity index is 2.37. The summed E-state index contributed by atoms with van der Waals surface area (Å²) < 4.78 is 4.92. The number of hydrogen-bond donors (Lipinski definition) is 2. The number of carboxylic acids is 1. The Hall–Kier alpha value is -2.37. The van der Waals surface area contributed by atoms with Gasteiger partial charge >= 0.3 is 5.97 Å². The van der Waals surface area contributed by atoms with E-state index in [-0.39, 0.29) is 16.9 Å². The molecule has 0 unspecified atom stereocenters. The Bertz CT molecular complexity index is 494. The van der Waals surface area contributed by atoms with Crippen molar-refractivity contribution >= 4 is 17.8 Å². The summed E-state index contributed by atoms with van der Waals surface area (Å²) in [6, 6.07) is 4.44. The summed E-state index contributed by atoms with van der Waals surface area (Å²) in [7, 11) is 0. The van der Waals surface area contributed by atoms with Gasteiger partial charge in [-0.1, -0.05) is 6.07 Å². The first-order valence-corrected chi connectivity index (χ1v) is 4.43. The van der Waals surface area contributed by atoms with E-state index in [1.54, 1.807) is 0 Å². The van der Waals surface area contributed by atoms with Crippen LogP contribution in [-0.2, 0) is 4.79 Å². The lowest BCUT2D eigenvalue weighted by Gasteiger charge is -2.05. The molecule has 16 heavy (non-hydrogen) atoms. The zero-order chi connectivity index (χ0) is 11.7. The molecule has 2 N–H and O–H groups in total. The van der Waals surface area contributed by atoms with Gasteiger partial charge in [0.05, 0.1) is 11.1 Å². The number of rotatable bonds is 3. The van der Waals surface area contributed by atoms with Crippen LogP contribution < -0.4 is 10.1 Å². The highest BCUT2D eigenvalue weighted by Gasteiger charge is 2.30. The van der Waals surface area contributed by atoms with Crippen molar-refractivity contribution in [1.82, 2.24) is 5.32 Å². The number of ether oxygens (including phenoxy) is 1. The standard InChI is InChI=1S/C10H7NO5/c12-7(13)4-16-6-3-1-2-5-8(6)10(15)11-9(5)14/h1-3H,4H2,(H,12,13)(H,11,14,15). The highest BCUT2D eigenvalue weighted by molar-refractivity contribution is 6.22. The summed E-state index contributed by atoms with van der Waals surface area (Å²) in [5.41, 5.74) is 0.293. The molecule has 82 valence electrons. The molecule has 6 nitrogen and oxygen atoms in total. The van der Waals surface area contributed by atoms with Crippen molar-refractivity contribution in [2.45, 2.75) is 0 Å². The zero-order valence-electron chi connectivity index (χ0n) is 8.02. The van der Waals surface area contributed by atoms with E-state index in [4.69, 9.17) is 9.84 Å². The highest BCUT2D eigenvalue weighted by Crippen LogP contribution is 2.26. The van der Waals surface area contributed by atoms with Gasteiger partial charge in [0, 0.05) is 0 Å². The first-order valence-electron chi connectivity index (χ1n) is 4.43. The number of fused-ring (bicyclic) bond motifs is 1. The molecule has 2 rings (SSSR count). The fraction of sp³-hybridized carbons (Fsp3) is 0.100. The molecule has 0 atom stereocenters. The average molecular weight is 221 g/mol. The van der Waals surface area contributed by atoms with Gasteiger partial charge in [0.1, 0.15) is 5.75 Å². The summed E-state index contributed by atoms with van der Waals surface area (Å²) in [5, 5.41) is 10.6. The van der Waals surface area contributed by atoms with Crippen LogP contribution in [0.15, 0.2) is 18.2 Å². The van der Waals surface area contributed by atoms with Crippen LogP contribution in [0.3, 0.4) is 0 Å². The van der Waals surface area contributed by atoms with E-state index < -0.39 is 24.4 Å². The van der Waals surface area contributed by atoms with Crippen molar-refractivity contribution in [3.63, 3.8) is 0 Å². The lowest BCUT2D eigenvalue weighted by atomic mass is 10.1. The molecule has 0 aliphatic carbocycles. The molecule has 1 aromatic carbocycles. The lowest BCUT2D eigenvalue weighted by molar-refractivity contribution is -0.139. The summed E-state index contributed by atoms with van der Waals surface area (Å²) in [6.07, 6.45) is 0. The zero-order valence-corrected chi connectivity index (χ0v) is 8.02. The number of carbonyl (C=O) groups excluding carboxylic acids is 2. The van der Waals surface area contributed by atoms with Crippen LogP contribution in [0.25, 0.3) is 0 Å². The van der Waals surface area contributed by atoms with E-state index in [1.165, 1.54) is 18.2 Å². The minimum Gasteiger partial charge on any atom is -0.481 e. The van der Waals surface area contributed by atoms with Crippen molar-refractivity contribution in [1.29, 1.82) is 0 Å². The average Bonchev–Trinajstić information content (AvgIpc) is 2.52. The van der Waals surface area contributed by atoms with E-state index >= 15 is 0 Å². The van der Waals surface area contributed by atoms with Crippen LogP contribution >= 0.6 is 0 Å². The molecule has 0 bridgehead atoms. The second-order valence-corrected chi connectivity index (χ2v) is 3.14. The van der Waals surface area contributed by atoms with Crippen molar-refractivity contribution in [3.05, 3.63) is 29.3 Å². The molecular weight excluding hydrogens is 214 g/mol. The minimum atomic E-state index is -1.15. The summed E-state index contributed by atoms with van der Waals surface area (Å²) in [4.78, 5) is 33.0. The molecule has 1 aliphatic heterocycles. The molecule has 6 heteroatoms. The van der Waals surface area contributed by atoms with Gasteiger partial charge in [0.15, 0.2) is 6.61 Å². The maximum atomic E-state index is 11.4. The molecule has 1 heterocycles. The first-order chi connectivity index (χ1) is 7.59. The topological polar surface area (TPSA) is 92.7 Å². The molecule has 0 radical (unpaired) electrons. The lowest BCUT2D eigenvalue weighted by Crippen LogP contribution is -2.20. The van der Waals surface area contributed by atoms with Gasteiger partial charge in [-0.15, -0.1) is 0 Å². The number of carbonyl (C=O) groups is 3. The van der Waals surface area contributed by atoms with E-state index in [1.807, 2.05) is 0 Å². The fourth-order valence-corrected chi connectivity index (χ4v) is 1.45. The third kappa shape index (κ3) is 1.60. The SMILES string of the molecule is O=C(O)COc1cccc2c1C(=O)NC2=O. The minimum absolute atomic E-state index is 0.0914. The maximum Gasteiger partial charge on any atom is 0.341 e. The number of amides is 2. The van der Waals surface area contributed by atoms with Gasteiger partial charge in [-0.3, -0.25) is 14.9 Å². The van der Waals surface area contributed by atoms with E-state index in [2.05, 4.69) is 5.32 Å². The number of aliphatic carboxylic acids is 1. The number of nitrogens with one attached hydrogen (secondary N) is 1. The number of imide groups is 1. The number of carboxylic acid groups (broad SMARTS) is 1. The largest absolute Gasteiger partial charge is 0.481 e. The normalized spacial score (nSPS) is 13.2. The molecule has 1 aromatic rings. The monoisotopic (exact) mass is 221 g/mol. The number of hydrogen-bond acceptors (Lipinski definition) is 4. The maximum absolute atomic E-state index is 11.4. The van der Waals surface area contributed by atoms with Gasteiger partial charge in [0.25, 0.3) is 11.8 Å². The van der Waals surface area contributed by atoms with Crippen LogP contribution in [0.1, 0.15) is 20.7 Å². The van der Waals surface area contributed by atoms with Gasteiger partial charge in [0.2, 0.25) is 0 Å². The summed E-state index contributed by atoms with van der Waals surface area (Å²) in [6.45, 7) is -0.558. The van der Waals surface area contributed by atoms with Crippen LogP contribution in [-0.4, -0.2) is 29.5 Å². The molecule has 0 saturated heterocycles. The predicted octanol–water partition coefficient (Wildman–Crippen LogP) is 0.0336. The van der Waals surface area contributed by atoms with E-state index in [9.17, 15) is 14.4 Å². The molecule has 0 aromatic heterocycles. The Morgan fingerprint density at radius 1 is 1.31 bits per heavy atom. The Morgan fingerprint density at radius 3 is 2.75 bits per heavy atom. The van der Waals surface area contributed by atoms with Crippen LogP contribution in [0.5, 0.6) is 5.75 Å². The second kappa shape index (κ2) is 3.65. The molecule has 2 amide bonds. The molecule has 0 fully saturated rings. The quantitative estimate of drug-likeness (QED) is 0.702. The molecule has 0 saturated carbocycles. The van der Waals surface area contributed by atoms with E-state index in [0.717, 1.165) is 0 Å². The van der Waals surface area contributed by atoms with Crippen LogP contribution in [0, 0.1) is 0 Å². The number of benzene rings is 1. The second-order valence-electron chi connectivity index (χ2n) is 3.14. The van der Waals surface area contributed by atoms with Gasteiger partial charge in [-0.05, 0) is 12.1 Å². The van der Waals surface area contributed by atoms with E-state index in [0.29, 0.717) is 0 Å². The third-order valence-corrected chi connectivity index (χ3v) is 2.08. The van der Waals surface area contributed by atoms with Gasteiger partial charge < -0.3 is 9.84 Å². The van der Waals surface area contributed by atoms with Crippen molar-refractivity contribution in [3.8, 4) is 5.75 Å². The smallest absolute Gasteiger partial charge is 0.341 e. The molecule has 1 aliphatic rings. The molecule has 0 spiro atoms. The van der Waals surface area contributed by atoms with Crippen LogP contribution in [0.2, 0.25) is 0 Å². The van der Waals surface area contributed by atoms with Crippen molar-refractivity contribution in [2.75, 3.05) is 6.61 Å². The van der Waals surface area contributed by atoms with Crippen molar-refractivity contribution in [2.24, 2.45) is 0 Å². The highest BCUT2D eigenvalue weighted by atomic mass is 16.5. The summed E-state index contributed by atoms with van der Waals surface area (Å²) in [5.74, 6) is -2.12. The Kier molecular flexibility index (Phi) is 2.32.